The van der Waals surface area contributed by atoms with Crippen LogP contribution in [-0.4, -0.2) is 17.2 Å². The van der Waals surface area contributed by atoms with Gasteiger partial charge in [0, 0.05) is 29.4 Å². The van der Waals surface area contributed by atoms with E-state index in [0.29, 0.717) is 16.5 Å². The van der Waals surface area contributed by atoms with Gasteiger partial charge in [0.2, 0.25) is 0 Å². The van der Waals surface area contributed by atoms with E-state index in [1.807, 2.05) is 13.8 Å². The quantitative estimate of drug-likeness (QED) is 0.906. The fourth-order valence-corrected chi connectivity index (χ4v) is 2.69. The zero-order valence-corrected chi connectivity index (χ0v) is 13.7. The highest BCUT2D eigenvalue weighted by Gasteiger charge is 2.16. The summed E-state index contributed by atoms with van der Waals surface area (Å²) in [6, 6.07) is 4.49. The highest BCUT2D eigenvalue weighted by molar-refractivity contribution is 9.10. The van der Waals surface area contributed by atoms with Crippen molar-refractivity contribution in [3.63, 3.8) is 0 Å². The third-order valence-corrected chi connectivity index (χ3v) is 4.07. The number of aliphatic hydroxyl groups is 1. The second-order valence-electron chi connectivity index (χ2n) is 4.94. The molecule has 21 heavy (non-hydrogen) atoms. The predicted molar refractivity (Wildman–Crippen MR) is 83.0 cm³/mol. The molecule has 1 unspecified atom stereocenters. The average molecular weight is 354 g/mol. The molecule has 1 aromatic carbocycles. The van der Waals surface area contributed by atoms with Gasteiger partial charge in [-0.05, 0) is 47.5 Å². The van der Waals surface area contributed by atoms with Crippen LogP contribution in [0, 0.1) is 19.7 Å². The van der Waals surface area contributed by atoms with Crippen LogP contribution in [0.3, 0.4) is 0 Å². The Morgan fingerprint density at radius 1 is 1.38 bits per heavy atom. The van der Waals surface area contributed by atoms with Gasteiger partial charge < -0.3 is 9.84 Å². The summed E-state index contributed by atoms with van der Waals surface area (Å²) in [6.07, 6.45) is 1.33. The lowest BCUT2D eigenvalue weighted by molar-refractivity contribution is 0.176. The van der Waals surface area contributed by atoms with E-state index in [-0.39, 0.29) is 5.82 Å². The molecule has 0 bridgehead atoms. The minimum absolute atomic E-state index is 0.338. The lowest BCUT2D eigenvalue weighted by atomic mass is 10.0. The van der Waals surface area contributed by atoms with Crippen molar-refractivity contribution < 1.29 is 14.2 Å². The van der Waals surface area contributed by atoms with E-state index in [2.05, 4.69) is 20.9 Å². The van der Waals surface area contributed by atoms with Gasteiger partial charge in [-0.1, -0.05) is 6.07 Å². The van der Waals surface area contributed by atoms with Gasteiger partial charge in [0.05, 0.1) is 17.7 Å². The molecule has 1 N–H and O–H groups in total. The SMILES string of the molecule is COc1c(C)cnc(CC(O)c2ccc(F)c(Br)c2)c1C. The van der Waals surface area contributed by atoms with E-state index in [0.717, 1.165) is 22.6 Å². The van der Waals surface area contributed by atoms with Crippen molar-refractivity contribution in [2.24, 2.45) is 0 Å². The maximum atomic E-state index is 13.2. The summed E-state index contributed by atoms with van der Waals surface area (Å²) >= 11 is 3.12. The molecule has 1 atom stereocenters. The number of nitrogens with zero attached hydrogens (tertiary/aromatic N) is 1. The third kappa shape index (κ3) is 3.41. The Morgan fingerprint density at radius 3 is 2.71 bits per heavy atom. The summed E-state index contributed by atoms with van der Waals surface area (Å²) in [5.41, 5.74) is 3.28. The van der Waals surface area contributed by atoms with Gasteiger partial charge in [-0.2, -0.15) is 0 Å². The van der Waals surface area contributed by atoms with E-state index >= 15 is 0 Å². The lowest BCUT2D eigenvalue weighted by Gasteiger charge is -2.15. The number of ether oxygens (including phenoxy) is 1. The van der Waals surface area contributed by atoms with Gasteiger partial charge in [-0.3, -0.25) is 4.98 Å². The lowest BCUT2D eigenvalue weighted by Crippen LogP contribution is -2.07. The van der Waals surface area contributed by atoms with Gasteiger partial charge in [0.15, 0.2) is 0 Å². The number of aliphatic hydroxyl groups excluding tert-OH is 1. The van der Waals surface area contributed by atoms with Gasteiger partial charge in [0.1, 0.15) is 11.6 Å². The minimum atomic E-state index is -0.750. The van der Waals surface area contributed by atoms with Crippen molar-refractivity contribution in [2.45, 2.75) is 26.4 Å². The zero-order chi connectivity index (χ0) is 15.6. The molecule has 0 radical (unpaired) electrons. The number of benzene rings is 1. The average Bonchev–Trinajstić information content (AvgIpc) is 2.45. The number of halogens is 2. The predicted octanol–water partition coefficient (Wildman–Crippen LogP) is 3.88. The van der Waals surface area contributed by atoms with Crippen molar-refractivity contribution in [3.8, 4) is 5.75 Å². The molecule has 5 heteroatoms. The van der Waals surface area contributed by atoms with Crippen LogP contribution in [-0.2, 0) is 6.42 Å². The van der Waals surface area contributed by atoms with Crippen LogP contribution < -0.4 is 4.74 Å². The number of aromatic nitrogens is 1. The molecule has 0 fully saturated rings. The van der Waals surface area contributed by atoms with E-state index in [1.54, 1.807) is 25.4 Å². The Balaban J connectivity index is 2.27. The molecule has 3 nitrogen and oxygen atoms in total. The topological polar surface area (TPSA) is 42.4 Å². The number of rotatable bonds is 4. The van der Waals surface area contributed by atoms with E-state index in [9.17, 15) is 9.50 Å². The van der Waals surface area contributed by atoms with Crippen molar-refractivity contribution in [1.29, 1.82) is 0 Å². The Morgan fingerprint density at radius 2 is 2.10 bits per heavy atom. The molecular formula is C16H17BrFNO2. The summed E-state index contributed by atoms with van der Waals surface area (Å²) in [5.74, 6) is 0.435. The molecule has 0 spiro atoms. The Labute approximate surface area is 131 Å². The van der Waals surface area contributed by atoms with E-state index in [4.69, 9.17) is 4.74 Å². The van der Waals surface area contributed by atoms with Crippen molar-refractivity contribution in [1.82, 2.24) is 4.98 Å². The first kappa shape index (κ1) is 15.9. The van der Waals surface area contributed by atoms with Crippen molar-refractivity contribution >= 4 is 15.9 Å². The van der Waals surface area contributed by atoms with Gasteiger partial charge in [-0.15, -0.1) is 0 Å². The first-order valence-electron chi connectivity index (χ1n) is 6.56. The van der Waals surface area contributed by atoms with Crippen LogP contribution in [0.4, 0.5) is 4.39 Å². The van der Waals surface area contributed by atoms with E-state index < -0.39 is 6.10 Å². The normalized spacial score (nSPS) is 12.3. The highest BCUT2D eigenvalue weighted by Crippen LogP contribution is 2.28. The number of aryl methyl sites for hydroxylation is 1. The molecule has 0 aliphatic rings. The molecule has 0 aliphatic heterocycles. The largest absolute Gasteiger partial charge is 0.496 e. The molecule has 2 rings (SSSR count). The minimum Gasteiger partial charge on any atom is -0.496 e. The number of hydrogen-bond donors (Lipinski definition) is 1. The van der Waals surface area contributed by atoms with Crippen LogP contribution in [0.2, 0.25) is 0 Å². The first-order valence-corrected chi connectivity index (χ1v) is 7.35. The molecule has 1 aromatic heterocycles. The monoisotopic (exact) mass is 353 g/mol. The second kappa shape index (κ2) is 6.54. The van der Waals surface area contributed by atoms with Gasteiger partial charge in [-0.25, -0.2) is 4.39 Å². The Hall–Kier alpha value is -1.46. The highest BCUT2D eigenvalue weighted by atomic mass is 79.9. The molecule has 0 amide bonds. The smallest absolute Gasteiger partial charge is 0.137 e. The summed E-state index contributed by atoms with van der Waals surface area (Å²) < 4.78 is 18.9. The molecule has 0 saturated carbocycles. The summed E-state index contributed by atoms with van der Waals surface area (Å²) in [4.78, 5) is 4.37. The molecule has 112 valence electrons. The number of pyridine rings is 1. The van der Waals surface area contributed by atoms with E-state index in [1.165, 1.54) is 6.07 Å². The van der Waals surface area contributed by atoms with Gasteiger partial charge in [0.25, 0.3) is 0 Å². The molecule has 0 saturated heterocycles. The molecule has 0 aliphatic carbocycles. The first-order chi connectivity index (χ1) is 9.93. The maximum absolute atomic E-state index is 13.2. The van der Waals surface area contributed by atoms with Crippen LogP contribution in [0.1, 0.15) is 28.5 Å². The summed E-state index contributed by atoms with van der Waals surface area (Å²) in [6.45, 7) is 3.84. The number of methoxy groups -OCH3 is 1. The van der Waals surface area contributed by atoms with Gasteiger partial charge >= 0.3 is 0 Å². The third-order valence-electron chi connectivity index (χ3n) is 3.46. The summed E-state index contributed by atoms with van der Waals surface area (Å²) in [7, 11) is 1.62. The summed E-state index contributed by atoms with van der Waals surface area (Å²) in [5, 5.41) is 10.3. The maximum Gasteiger partial charge on any atom is 0.137 e. The Bertz CT molecular complexity index is 661. The Kier molecular flexibility index (Phi) is 4.96. The van der Waals surface area contributed by atoms with Crippen molar-refractivity contribution in [3.05, 3.63) is 57.1 Å². The van der Waals surface area contributed by atoms with Crippen LogP contribution in [0.5, 0.6) is 5.75 Å². The van der Waals surface area contributed by atoms with Crippen LogP contribution in [0.15, 0.2) is 28.9 Å². The molecule has 2 aromatic rings. The second-order valence-corrected chi connectivity index (χ2v) is 5.79. The number of hydrogen-bond acceptors (Lipinski definition) is 3. The molecular weight excluding hydrogens is 337 g/mol. The van der Waals surface area contributed by atoms with Crippen molar-refractivity contribution in [2.75, 3.05) is 7.11 Å². The fourth-order valence-electron chi connectivity index (χ4n) is 2.30. The fraction of sp³-hybridized carbons (Fsp3) is 0.312. The van der Waals surface area contributed by atoms with Crippen LogP contribution >= 0.6 is 15.9 Å². The van der Waals surface area contributed by atoms with Crippen LogP contribution in [0.25, 0.3) is 0 Å². The molecule has 1 heterocycles. The zero-order valence-electron chi connectivity index (χ0n) is 12.2. The standard InChI is InChI=1S/C16H17BrFNO2/c1-9-8-19-14(10(2)16(9)21-3)7-15(20)11-4-5-13(18)12(17)6-11/h4-6,8,15,20H,7H2,1-3H3.